The number of para-hydroxylation sites is 4. The summed E-state index contributed by atoms with van der Waals surface area (Å²) in [5.41, 5.74) is 13.7. The summed E-state index contributed by atoms with van der Waals surface area (Å²) in [6, 6.07) is 125. The number of ketones is 2. The first-order valence-corrected chi connectivity index (χ1v) is 33.2. The van der Waals surface area contributed by atoms with Crippen LogP contribution >= 0.6 is 0 Å². The molecule has 410 valence electrons. The molecule has 0 heterocycles. The van der Waals surface area contributed by atoms with Crippen LogP contribution in [-0.4, -0.2) is 24.8 Å². The molecule has 13 aromatic carbocycles. The summed E-state index contributed by atoms with van der Waals surface area (Å²) in [7, 11) is 0. The molecule has 0 spiro atoms. The van der Waals surface area contributed by atoms with Gasteiger partial charge in [0.25, 0.3) is 0 Å². The van der Waals surface area contributed by atoms with Gasteiger partial charge in [-0.3, -0.25) is 4.79 Å². The van der Waals surface area contributed by atoms with E-state index in [1.54, 1.807) is 36.4 Å². The van der Waals surface area contributed by atoms with Crippen molar-refractivity contribution in [1.82, 2.24) is 0 Å². The van der Waals surface area contributed by atoms with Crippen LogP contribution in [0, 0.1) is 0 Å². The van der Waals surface area contributed by atoms with Crippen LogP contribution < -0.4 is 32.3 Å². The zero-order valence-electron chi connectivity index (χ0n) is 47.2. The summed E-state index contributed by atoms with van der Waals surface area (Å²) in [6.45, 7) is 0. The van der Waals surface area contributed by atoms with Crippen LogP contribution in [0.15, 0.2) is 358 Å². The van der Waals surface area contributed by atoms with Crippen LogP contribution in [0.2, 0.25) is 0 Å². The van der Waals surface area contributed by atoms with E-state index in [2.05, 4.69) is 294 Å². The number of nitrogens with zero attached hydrogens (tertiary/aromatic N) is 3. The SMILES string of the molecule is O=C(c1ccccc1)c1cccc(C(=O)c2ccc(-c3cc[c]([Ge]([c]4ccccc4)([c]4ccccc4)[c]4ccc(N(c5ccc(N(c6ccccc6)c6ccccc6)cc5)c5ccc(N(c6ccccc6)c6ccccc6)cc5)cc4)cc3)cc2)c1. The average molecular weight is 1170 g/mol. The summed E-state index contributed by atoms with van der Waals surface area (Å²) in [4.78, 5) is 34.1. The van der Waals surface area contributed by atoms with E-state index >= 15 is 0 Å². The molecule has 6 heteroatoms. The van der Waals surface area contributed by atoms with E-state index in [9.17, 15) is 9.59 Å². The van der Waals surface area contributed by atoms with Crippen molar-refractivity contribution >= 4 is 93.6 Å². The molecule has 0 unspecified atom stereocenters. The zero-order valence-corrected chi connectivity index (χ0v) is 49.3. The molecular weight excluding hydrogens is 1110 g/mol. The summed E-state index contributed by atoms with van der Waals surface area (Å²) < 4.78 is 5.23. The number of anilines is 9. The van der Waals surface area contributed by atoms with E-state index in [1.807, 2.05) is 42.5 Å². The number of hydrogen-bond donors (Lipinski definition) is 0. The van der Waals surface area contributed by atoms with Gasteiger partial charge in [0.15, 0.2) is 5.78 Å². The van der Waals surface area contributed by atoms with Gasteiger partial charge in [0.1, 0.15) is 0 Å². The third kappa shape index (κ3) is 11.1. The van der Waals surface area contributed by atoms with E-state index < -0.39 is 13.3 Å². The fourth-order valence-corrected chi connectivity index (χ4v) is 21.7. The van der Waals surface area contributed by atoms with Gasteiger partial charge in [0, 0.05) is 5.56 Å². The minimum absolute atomic E-state index is 0.114. The fourth-order valence-electron chi connectivity index (χ4n) is 11.8. The number of rotatable bonds is 18. The molecule has 0 N–H and O–H groups in total. The van der Waals surface area contributed by atoms with Crippen LogP contribution in [0.1, 0.15) is 31.8 Å². The molecule has 0 aliphatic rings. The quantitative estimate of drug-likeness (QED) is 0.0633. The van der Waals surface area contributed by atoms with E-state index in [1.165, 1.54) is 17.6 Å². The van der Waals surface area contributed by atoms with Gasteiger partial charge in [0.05, 0.1) is 0 Å². The number of carbonyl (C=O) groups is 2. The standard InChI is InChI=1S/C80H59GeN3O2/c85-79(62-23-8-1-9-24-62)64-25-22-26-65(59-64)80(86)63-41-39-60(40-42-63)61-43-45-68(46-44-61)81(66-27-10-2-11-28-66,67-29-12-3-13-30-67)69-47-49-74(50-48-69)84(77-55-51-75(52-56-77)82(70-31-14-4-15-32-70)71-33-16-5-17-34-71)78-57-53-76(54-58-78)83(72-35-18-6-19-36-72)73-37-20-7-21-38-73/h1-59H. The van der Waals surface area contributed by atoms with Gasteiger partial charge >= 0.3 is 384 Å². The van der Waals surface area contributed by atoms with Gasteiger partial charge in [-0.1, -0.05) is 109 Å². The third-order valence-electron chi connectivity index (χ3n) is 16.0. The van der Waals surface area contributed by atoms with Gasteiger partial charge in [-0.05, 0) is 0 Å². The molecule has 0 saturated carbocycles. The maximum atomic E-state index is 13.9. The molecule has 0 aliphatic carbocycles. The Balaban J connectivity index is 0.874. The van der Waals surface area contributed by atoms with Crippen molar-refractivity contribution in [1.29, 1.82) is 0 Å². The van der Waals surface area contributed by atoms with Gasteiger partial charge in [-0.2, -0.15) is 0 Å². The second-order valence-electron chi connectivity index (χ2n) is 21.2. The van der Waals surface area contributed by atoms with E-state index in [0.717, 1.165) is 62.3 Å². The minimum atomic E-state index is -3.80. The first-order valence-electron chi connectivity index (χ1n) is 29.0. The van der Waals surface area contributed by atoms with E-state index in [0.29, 0.717) is 22.3 Å². The van der Waals surface area contributed by atoms with Crippen molar-refractivity contribution in [2.75, 3.05) is 14.7 Å². The van der Waals surface area contributed by atoms with Crippen molar-refractivity contribution in [2.45, 2.75) is 0 Å². The second-order valence-corrected chi connectivity index (χ2v) is 29.2. The van der Waals surface area contributed by atoms with Crippen molar-refractivity contribution in [2.24, 2.45) is 0 Å². The summed E-state index contributed by atoms with van der Waals surface area (Å²) in [5.74, 6) is -0.247. The molecule has 0 amide bonds. The molecular formula is C80H59GeN3O2. The second kappa shape index (κ2) is 24.9. The van der Waals surface area contributed by atoms with Crippen LogP contribution in [-0.2, 0) is 0 Å². The molecule has 5 nitrogen and oxygen atoms in total. The van der Waals surface area contributed by atoms with Crippen LogP contribution in [0.4, 0.5) is 51.2 Å². The van der Waals surface area contributed by atoms with Gasteiger partial charge in [-0.25, -0.2) is 0 Å². The van der Waals surface area contributed by atoms with Crippen LogP contribution in [0.25, 0.3) is 11.1 Å². The molecule has 86 heavy (non-hydrogen) atoms. The predicted molar refractivity (Wildman–Crippen MR) is 359 cm³/mol. The van der Waals surface area contributed by atoms with Crippen molar-refractivity contribution in [3.8, 4) is 11.1 Å². The predicted octanol–water partition coefficient (Wildman–Crippen LogP) is 17.6. The molecule has 0 atom stereocenters. The Morgan fingerprint density at radius 2 is 0.419 bits per heavy atom. The summed E-state index contributed by atoms with van der Waals surface area (Å²) >= 11 is -3.80. The summed E-state index contributed by atoms with van der Waals surface area (Å²) in [6.07, 6.45) is 0. The van der Waals surface area contributed by atoms with Gasteiger partial charge in [0.2, 0.25) is 0 Å². The fraction of sp³-hybridized carbons (Fsp3) is 0. The van der Waals surface area contributed by atoms with Crippen molar-refractivity contribution in [3.63, 3.8) is 0 Å². The normalized spacial score (nSPS) is 11.1. The Hall–Kier alpha value is -10.9. The molecule has 0 saturated heterocycles. The molecule has 0 bridgehead atoms. The molecule has 0 fully saturated rings. The summed E-state index contributed by atoms with van der Waals surface area (Å²) in [5, 5.41) is 0. The first kappa shape index (κ1) is 54.4. The Morgan fingerprint density at radius 1 is 0.198 bits per heavy atom. The monoisotopic (exact) mass is 1170 g/mol. The van der Waals surface area contributed by atoms with Crippen molar-refractivity contribution < 1.29 is 9.59 Å². The Bertz CT molecular complexity index is 4120. The Labute approximate surface area is 506 Å². The van der Waals surface area contributed by atoms with Crippen molar-refractivity contribution in [3.05, 3.63) is 380 Å². The first-order chi connectivity index (χ1) is 42.5. The van der Waals surface area contributed by atoms with E-state index in [-0.39, 0.29) is 11.6 Å². The number of hydrogen-bond acceptors (Lipinski definition) is 5. The molecule has 13 rings (SSSR count). The zero-order chi connectivity index (χ0) is 58.1. The third-order valence-corrected chi connectivity index (χ3v) is 26.0. The molecule has 0 aromatic heterocycles. The Kier molecular flexibility index (Phi) is 15.8. The average Bonchev–Trinajstić information content (AvgIpc) is 0.925. The number of carbonyl (C=O) groups excluding carboxylic acids is 2. The molecule has 0 aliphatic heterocycles. The van der Waals surface area contributed by atoms with Gasteiger partial charge in [-0.15, -0.1) is 0 Å². The Morgan fingerprint density at radius 3 is 0.744 bits per heavy atom. The maximum absolute atomic E-state index is 13.9. The van der Waals surface area contributed by atoms with E-state index in [4.69, 9.17) is 0 Å². The molecule has 13 aromatic rings. The number of benzene rings is 13. The molecule has 0 radical (unpaired) electrons. The topological polar surface area (TPSA) is 43.9 Å². The van der Waals surface area contributed by atoms with Crippen LogP contribution in [0.3, 0.4) is 0 Å². The van der Waals surface area contributed by atoms with Crippen LogP contribution in [0.5, 0.6) is 0 Å². The van der Waals surface area contributed by atoms with Gasteiger partial charge < -0.3 is 0 Å².